The Morgan fingerprint density at radius 3 is 3.12 bits per heavy atom. The normalized spacial score (nSPS) is 22.8. The van der Waals surface area contributed by atoms with Crippen LogP contribution in [-0.4, -0.2) is 28.6 Å². The van der Waals surface area contributed by atoms with Gasteiger partial charge in [0.05, 0.1) is 0 Å². The molecular formula is C12H17NO2S. The van der Waals surface area contributed by atoms with Crippen LogP contribution in [0.1, 0.15) is 36.8 Å². The highest BCUT2D eigenvalue weighted by Crippen LogP contribution is 2.34. The van der Waals surface area contributed by atoms with Gasteiger partial charge in [-0.05, 0) is 36.8 Å². The van der Waals surface area contributed by atoms with E-state index in [0.717, 1.165) is 13.0 Å². The molecule has 16 heavy (non-hydrogen) atoms. The molecule has 0 saturated carbocycles. The zero-order chi connectivity index (χ0) is 11.7. The Bertz CT molecular complexity index is 388. The summed E-state index contributed by atoms with van der Waals surface area (Å²) in [6, 6.07) is 2.02. The molecule has 2 heterocycles. The monoisotopic (exact) mass is 239 g/mol. The lowest BCUT2D eigenvalue weighted by Crippen LogP contribution is -2.45. The Balaban J connectivity index is 2.23. The van der Waals surface area contributed by atoms with Gasteiger partial charge in [-0.2, -0.15) is 0 Å². The summed E-state index contributed by atoms with van der Waals surface area (Å²) in [6.45, 7) is 4.91. The third kappa shape index (κ3) is 1.87. The van der Waals surface area contributed by atoms with E-state index in [4.69, 9.17) is 0 Å². The molecule has 0 amide bonds. The number of thiophene rings is 1. The van der Waals surface area contributed by atoms with Crippen LogP contribution in [-0.2, 0) is 11.2 Å². The third-order valence-electron chi connectivity index (χ3n) is 3.40. The van der Waals surface area contributed by atoms with Gasteiger partial charge in [-0.25, -0.2) is 0 Å². The fourth-order valence-corrected chi connectivity index (χ4v) is 3.47. The maximum Gasteiger partial charge on any atom is 0.320 e. The van der Waals surface area contributed by atoms with E-state index >= 15 is 0 Å². The first-order valence-electron chi connectivity index (χ1n) is 5.70. The predicted octanol–water partition coefficient (Wildman–Crippen LogP) is 2.53. The van der Waals surface area contributed by atoms with Gasteiger partial charge in [-0.1, -0.05) is 6.92 Å². The number of carboxylic acid groups (broad SMARTS) is 1. The lowest BCUT2D eigenvalue weighted by Gasteiger charge is -2.37. The molecule has 1 aliphatic heterocycles. The van der Waals surface area contributed by atoms with Crippen molar-refractivity contribution >= 4 is 17.3 Å². The van der Waals surface area contributed by atoms with E-state index in [-0.39, 0.29) is 12.1 Å². The molecule has 2 rings (SSSR count). The van der Waals surface area contributed by atoms with Crippen LogP contribution in [0.3, 0.4) is 0 Å². The Kier molecular flexibility index (Phi) is 3.30. The van der Waals surface area contributed by atoms with Crippen molar-refractivity contribution in [2.45, 2.75) is 38.8 Å². The minimum atomic E-state index is -0.701. The molecule has 0 saturated heterocycles. The molecule has 88 valence electrons. The van der Waals surface area contributed by atoms with Gasteiger partial charge in [-0.15, -0.1) is 11.3 Å². The molecule has 0 radical (unpaired) electrons. The summed E-state index contributed by atoms with van der Waals surface area (Å²) in [5, 5.41) is 11.3. The van der Waals surface area contributed by atoms with Crippen molar-refractivity contribution in [2.75, 3.05) is 6.54 Å². The van der Waals surface area contributed by atoms with Crippen LogP contribution in [0.5, 0.6) is 0 Å². The summed E-state index contributed by atoms with van der Waals surface area (Å²) in [4.78, 5) is 14.7. The SMILES string of the molecule is CCC(C(=O)O)N1CCc2sccc2C1C. The van der Waals surface area contributed by atoms with Crippen molar-refractivity contribution < 1.29 is 9.90 Å². The van der Waals surface area contributed by atoms with Gasteiger partial charge in [-0.3, -0.25) is 9.69 Å². The van der Waals surface area contributed by atoms with Gasteiger partial charge in [0.1, 0.15) is 6.04 Å². The summed E-state index contributed by atoms with van der Waals surface area (Å²) in [5.41, 5.74) is 1.32. The minimum Gasteiger partial charge on any atom is -0.480 e. The molecule has 2 atom stereocenters. The fraction of sp³-hybridized carbons (Fsp3) is 0.583. The molecule has 2 unspecified atom stereocenters. The standard InChI is InChI=1S/C12H17NO2S/c1-3-10(12(14)15)13-6-4-11-9(8(13)2)5-7-16-11/h5,7-8,10H,3-4,6H2,1-2H3,(H,14,15). The number of hydrogen-bond acceptors (Lipinski definition) is 3. The molecule has 1 aromatic heterocycles. The summed E-state index contributed by atoms with van der Waals surface area (Å²) < 4.78 is 0. The first-order chi connectivity index (χ1) is 7.65. The number of nitrogens with zero attached hydrogens (tertiary/aromatic N) is 1. The number of fused-ring (bicyclic) bond motifs is 1. The number of aliphatic carboxylic acids is 1. The molecule has 4 heteroatoms. The second kappa shape index (κ2) is 4.55. The number of carbonyl (C=O) groups is 1. The summed E-state index contributed by atoms with van der Waals surface area (Å²) in [6.07, 6.45) is 1.65. The fourth-order valence-electron chi connectivity index (χ4n) is 2.51. The van der Waals surface area contributed by atoms with Crippen LogP contribution in [0.2, 0.25) is 0 Å². The minimum absolute atomic E-state index is 0.232. The number of carboxylic acids is 1. The molecular weight excluding hydrogens is 222 g/mol. The van der Waals surface area contributed by atoms with Crippen molar-refractivity contribution in [1.82, 2.24) is 4.90 Å². The van der Waals surface area contributed by atoms with Crippen LogP contribution in [0.25, 0.3) is 0 Å². The van der Waals surface area contributed by atoms with Crippen LogP contribution < -0.4 is 0 Å². The Morgan fingerprint density at radius 2 is 2.50 bits per heavy atom. The van der Waals surface area contributed by atoms with Gasteiger partial charge in [0.15, 0.2) is 0 Å². The zero-order valence-electron chi connectivity index (χ0n) is 9.64. The Labute approximate surface area is 99.7 Å². The van der Waals surface area contributed by atoms with E-state index in [1.54, 1.807) is 11.3 Å². The molecule has 0 fully saturated rings. The molecule has 3 nitrogen and oxygen atoms in total. The van der Waals surface area contributed by atoms with Crippen molar-refractivity contribution in [2.24, 2.45) is 0 Å². The number of hydrogen-bond donors (Lipinski definition) is 1. The van der Waals surface area contributed by atoms with Crippen molar-refractivity contribution in [3.63, 3.8) is 0 Å². The van der Waals surface area contributed by atoms with E-state index < -0.39 is 5.97 Å². The lowest BCUT2D eigenvalue weighted by molar-refractivity contribution is -0.144. The lowest BCUT2D eigenvalue weighted by atomic mass is 9.98. The highest BCUT2D eigenvalue weighted by Gasteiger charge is 2.32. The molecule has 1 aromatic rings. The average Bonchev–Trinajstić information content (AvgIpc) is 2.70. The molecule has 0 spiro atoms. The molecule has 0 aromatic carbocycles. The molecule has 0 bridgehead atoms. The number of rotatable bonds is 3. The van der Waals surface area contributed by atoms with Crippen molar-refractivity contribution in [3.05, 3.63) is 21.9 Å². The van der Waals surface area contributed by atoms with Gasteiger partial charge >= 0.3 is 5.97 Å². The maximum atomic E-state index is 11.2. The van der Waals surface area contributed by atoms with E-state index in [9.17, 15) is 9.90 Å². The van der Waals surface area contributed by atoms with Gasteiger partial charge < -0.3 is 5.11 Å². The molecule has 1 N–H and O–H groups in total. The first kappa shape index (κ1) is 11.6. The van der Waals surface area contributed by atoms with Gasteiger partial charge in [0.2, 0.25) is 0 Å². The van der Waals surface area contributed by atoms with E-state index in [0.29, 0.717) is 6.42 Å². The van der Waals surface area contributed by atoms with Gasteiger partial charge in [0, 0.05) is 17.5 Å². The van der Waals surface area contributed by atoms with Crippen LogP contribution in [0.15, 0.2) is 11.4 Å². The highest BCUT2D eigenvalue weighted by atomic mass is 32.1. The Morgan fingerprint density at radius 1 is 1.75 bits per heavy atom. The second-order valence-corrected chi connectivity index (χ2v) is 5.23. The van der Waals surface area contributed by atoms with Crippen LogP contribution in [0, 0.1) is 0 Å². The zero-order valence-corrected chi connectivity index (χ0v) is 10.5. The van der Waals surface area contributed by atoms with E-state index in [1.807, 2.05) is 6.92 Å². The van der Waals surface area contributed by atoms with Gasteiger partial charge in [0.25, 0.3) is 0 Å². The quantitative estimate of drug-likeness (QED) is 0.881. The smallest absolute Gasteiger partial charge is 0.320 e. The first-order valence-corrected chi connectivity index (χ1v) is 6.58. The van der Waals surface area contributed by atoms with E-state index in [1.165, 1.54) is 10.4 Å². The average molecular weight is 239 g/mol. The van der Waals surface area contributed by atoms with Crippen LogP contribution >= 0.6 is 11.3 Å². The largest absolute Gasteiger partial charge is 0.480 e. The predicted molar refractivity (Wildman–Crippen MR) is 64.9 cm³/mol. The molecule has 0 aliphatic carbocycles. The molecule has 1 aliphatic rings. The van der Waals surface area contributed by atoms with E-state index in [2.05, 4.69) is 23.3 Å². The topological polar surface area (TPSA) is 40.5 Å². The summed E-state index contributed by atoms with van der Waals surface area (Å²) in [5.74, 6) is -0.701. The highest BCUT2D eigenvalue weighted by molar-refractivity contribution is 7.10. The summed E-state index contributed by atoms with van der Waals surface area (Å²) in [7, 11) is 0. The maximum absolute atomic E-state index is 11.2. The second-order valence-electron chi connectivity index (χ2n) is 4.23. The van der Waals surface area contributed by atoms with Crippen molar-refractivity contribution in [1.29, 1.82) is 0 Å². The van der Waals surface area contributed by atoms with Crippen molar-refractivity contribution in [3.8, 4) is 0 Å². The van der Waals surface area contributed by atoms with Crippen LogP contribution in [0.4, 0.5) is 0 Å². The Hall–Kier alpha value is -0.870. The summed E-state index contributed by atoms with van der Waals surface area (Å²) >= 11 is 1.78. The third-order valence-corrected chi connectivity index (χ3v) is 4.39.